The highest BCUT2D eigenvalue weighted by atomic mass is 19.4. The summed E-state index contributed by atoms with van der Waals surface area (Å²) >= 11 is 0. The van der Waals surface area contributed by atoms with Crippen molar-refractivity contribution < 1.29 is 27.4 Å². The number of esters is 1. The van der Waals surface area contributed by atoms with Crippen LogP contribution in [0.4, 0.5) is 30.6 Å². The number of benzene rings is 2. The van der Waals surface area contributed by atoms with Crippen molar-refractivity contribution in [2.24, 2.45) is 0 Å². The van der Waals surface area contributed by atoms with E-state index in [0.29, 0.717) is 40.8 Å². The van der Waals surface area contributed by atoms with Crippen molar-refractivity contribution in [3.63, 3.8) is 0 Å². The van der Waals surface area contributed by atoms with Crippen LogP contribution in [0.3, 0.4) is 0 Å². The molecule has 0 aliphatic heterocycles. The predicted octanol–water partition coefficient (Wildman–Crippen LogP) is 4.94. The highest BCUT2D eigenvalue weighted by Gasteiger charge is 2.31. The first kappa shape index (κ1) is 25.8. The molecule has 0 amide bonds. The number of hydrogen-bond acceptors (Lipinski definition) is 8. The molecule has 1 heterocycles. The molecular formula is C24H26F3N5O3. The van der Waals surface area contributed by atoms with Gasteiger partial charge in [-0.25, -0.2) is 9.78 Å². The van der Waals surface area contributed by atoms with E-state index in [1.807, 2.05) is 14.1 Å². The fourth-order valence-corrected chi connectivity index (χ4v) is 3.14. The van der Waals surface area contributed by atoms with Crippen molar-refractivity contribution in [2.75, 3.05) is 44.9 Å². The van der Waals surface area contributed by atoms with Crippen molar-refractivity contribution in [1.82, 2.24) is 14.9 Å². The van der Waals surface area contributed by atoms with Gasteiger partial charge < -0.3 is 25.0 Å². The molecule has 3 rings (SSSR count). The van der Waals surface area contributed by atoms with Crippen LogP contribution in [0.15, 0.2) is 54.6 Å². The van der Waals surface area contributed by atoms with E-state index < -0.39 is 12.3 Å². The monoisotopic (exact) mass is 489 g/mol. The van der Waals surface area contributed by atoms with Gasteiger partial charge in [0, 0.05) is 23.9 Å². The van der Waals surface area contributed by atoms with E-state index in [1.54, 1.807) is 36.4 Å². The fraction of sp³-hybridized carbons (Fsp3) is 0.292. The number of nitrogens with one attached hydrogen (secondary N) is 2. The largest absolute Gasteiger partial charge is 0.573 e. The van der Waals surface area contributed by atoms with Crippen LogP contribution in [0.1, 0.15) is 16.8 Å². The fourth-order valence-electron chi connectivity index (χ4n) is 3.14. The summed E-state index contributed by atoms with van der Waals surface area (Å²) in [7, 11) is 5.25. The molecule has 186 valence electrons. The number of alkyl halides is 3. The summed E-state index contributed by atoms with van der Waals surface area (Å²) in [4.78, 5) is 22.7. The maximum atomic E-state index is 12.7. The summed E-state index contributed by atoms with van der Waals surface area (Å²) in [6.07, 6.45) is -3.96. The summed E-state index contributed by atoms with van der Waals surface area (Å²) in [5.74, 6) is -0.0665. The third-order valence-corrected chi connectivity index (χ3v) is 4.73. The van der Waals surface area contributed by atoms with Gasteiger partial charge in [-0.2, -0.15) is 4.98 Å². The van der Waals surface area contributed by atoms with Crippen molar-refractivity contribution >= 4 is 23.4 Å². The summed E-state index contributed by atoms with van der Waals surface area (Å²) in [6.45, 7) is 1.47. The van der Waals surface area contributed by atoms with Gasteiger partial charge in [0.15, 0.2) is 0 Å². The lowest BCUT2D eigenvalue weighted by Crippen LogP contribution is -2.17. The highest BCUT2D eigenvalue weighted by Crippen LogP contribution is 2.29. The predicted molar refractivity (Wildman–Crippen MR) is 127 cm³/mol. The van der Waals surface area contributed by atoms with E-state index in [9.17, 15) is 18.0 Å². The standard InChI is InChI=1S/C24H26F3N5O3/c1-32(2)13-5-12-28-23-30-20(17-6-4-7-19(14-17)35-24(25,26)27)15-21(31-23)29-18-10-8-16(9-11-18)22(33)34-3/h4,6-11,14-15H,5,12-13H2,1-3H3,(H2,28,29,30,31). The number of nitrogens with zero attached hydrogens (tertiary/aromatic N) is 3. The second-order valence-electron chi connectivity index (χ2n) is 7.82. The van der Waals surface area contributed by atoms with Gasteiger partial charge in [0.2, 0.25) is 5.95 Å². The Balaban J connectivity index is 1.88. The summed E-state index contributed by atoms with van der Waals surface area (Å²) in [5.41, 5.74) is 1.87. The third-order valence-electron chi connectivity index (χ3n) is 4.73. The van der Waals surface area contributed by atoms with Crippen molar-refractivity contribution in [3.05, 3.63) is 60.2 Å². The van der Waals surface area contributed by atoms with Crippen LogP contribution in [0.2, 0.25) is 0 Å². The number of anilines is 3. The Kier molecular flexibility index (Phi) is 8.48. The van der Waals surface area contributed by atoms with Crippen molar-refractivity contribution in [2.45, 2.75) is 12.8 Å². The number of hydrogen-bond donors (Lipinski definition) is 2. The van der Waals surface area contributed by atoms with Crippen LogP contribution in [0.25, 0.3) is 11.3 Å². The second kappa shape index (κ2) is 11.5. The van der Waals surface area contributed by atoms with Crippen LogP contribution in [0.5, 0.6) is 5.75 Å². The first-order valence-corrected chi connectivity index (χ1v) is 10.7. The first-order valence-electron chi connectivity index (χ1n) is 10.7. The molecule has 0 saturated carbocycles. The molecule has 2 N–H and O–H groups in total. The molecule has 0 fully saturated rings. The van der Waals surface area contributed by atoms with Crippen LogP contribution in [-0.4, -0.2) is 61.5 Å². The molecule has 1 aromatic heterocycles. The van der Waals surface area contributed by atoms with Gasteiger partial charge in [-0.3, -0.25) is 0 Å². The summed E-state index contributed by atoms with van der Waals surface area (Å²) in [5, 5.41) is 6.30. The van der Waals surface area contributed by atoms with Gasteiger partial charge in [0.1, 0.15) is 11.6 Å². The van der Waals surface area contributed by atoms with Gasteiger partial charge in [-0.05, 0) is 63.5 Å². The second-order valence-corrected chi connectivity index (χ2v) is 7.82. The Labute approximate surface area is 201 Å². The number of ether oxygens (including phenoxy) is 2. The van der Waals surface area contributed by atoms with E-state index in [2.05, 4.69) is 30.2 Å². The minimum atomic E-state index is -4.80. The van der Waals surface area contributed by atoms with Gasteiger partial charge in [-0.15, -0.1) is 13.2 Å². The molecule has 0 unspecified atom stereocenters. The lowest BCUT2D eigenvalue weighted by molar-refractivity contribution is -0.274. The van der Waals surface area contributed by atoms with E-state index in [-0.39, 0.29) is 5.75 Å². The van der Waals surface area contributed by atoms with Crippen LogP contribution >= 0.6 is 0 Å². The SMILES string of the molecule is COC(=O)c1ccc(Nc2cc(-c3cccc(OC(F)(F)F)c3)nc(NCCCN(C)C)n2)cc1. The van der Waals surface area contributed by atoms with Crippen molar-refractivity contribution in [3.8, 4) is 17.0 Å². The zero-order valence-electron chi connectivity index (χ0n) is 19.5. The Morgan fingerprint density at radius 2 is 1.80 bits per heavy atom. The smallest absolute Gasteiger partial charge is 0.465 e. The lowest BCUT2D eigenvalue weighted by atomic mass is 10.1. The molecule has 3 aromatic rings. The Hall–Kier alpha value is -3.86. The Morgan fingerprint density at radius 1 is 1.06 bits per heavy atom. The summed E-state index contributed by atoms with van der Waals surface area (Å²) in [6, 6.07) is 13.8. The Morgan fingerprint density at radius 3 is 2.46 bits per heavy atom. The molecule has 2 aromatic carbocycles. The number of rotatable bonds is 10. The van der Waals surface area contributed by atoms with Crippen LogP contribution in [0, 0.1) is 0 Å². The van der Waals surface area contributed by atoms with E-state index in [1.165, 1.54) is 25.3 Å². The number of halogens is 3. The molecule has 0 aliphatic rings. The zero-order chi connectivity index (χ0) is 25.4. The highest BCUT2D eigenvalue weighted by molar-refractivity contribution is 5.89. The number of aromatic nitrogens is 2. The number of carbonyl (C=O) groups excluding carboxylic acids is 1. The average molecular weight is 489 g/mol. The van der Waals surface area contributed by atoms with E-state index >= 15 is 0 Å². The molecule has 0 atom stereocenters. The quantitative estimate of drug-likeness (QED) is 0.306. The molecular weight excluding hydrogens is 463 g/mol. The normalized spacial score (nSPS) is 11.3. The van der Waals surface area contributed by atoms with E-state index in [4.69, 9.17) is 4.74 Å². The Bertz CT molecular complexity index is 1140. The summed E-state index contributed by atoms with van der Waals surface area (Å²) < 4.78 is 46.8. The molecule has 0 spiro atoms. The topological polar surface area (TPSA) is 88.6 Å². The molecule has 0 aliphatic carbocycles. The zero-order valence-corrected chi connectivity index (χ0v) is 19.5. The van der Waals surface area contributed by atoms with Gasteiger partial charge in [0.25, 0.3) is 0 Å². The van der Waals surface area contributed by atoms with Crippen LogP contribution in [-0.2, 0) is 4.74 Å². The van der Waals surface area contributed by atoms with Gasteiger partial charge >= 0.3 is 12.3 Å². The number of carbonyl (C=O) groups is 1. The average Bonchev–Trinajstić information content (AvgIpc) is 2.81. The molecule has 11 heteroatoms. The minimum Gasteiger partial charge on any atom is -0.465 e. The van der Waals surface area contributed by atoms with Crippen molar-refractivity contribution in [1.29, 1.82) is 0 Å². The minimum absolute atomic E-state index is 0.317. The van der Waals surface area contributed by atoms with Gasteiger partial charge in [-0.1, -0.05) is 12.1 Å². The lowest BCUT2D eigenvalue weighted by Gasteiger charge is -2.14. The molecule has 0 saturated heterocycles. The van der Waals surface area contributed by atoms with Gasteiger partial charge in [0.05, 0.1) is 18.4 Å². The third kappa shape index (κ3) is 8.14. The molecule has 0 bridgehead atoms. The van der Waals surface area contributed by atoms with Crippen LogP contribution < -0.4 is 15.4 Å². The number of methoxy groups -OCH3 is 1. The van der Waals surface area contributed by atoms with E-state index in [0.717, 1.165) is 13.0 Å². The maximum absolute atomic E-state index is 12.7. The first-order chi connectivity index (χ1) is 16.6. The molecule has 35 heavy (non-hydrogen) atoms. The maximum Gasteiger partial charge on any atom is 0.573 e. The molecule has 0 radical (unpaired) electrons. The molecule has 8 nitrogen and oxygen atoms in total.